The quantitative estimate of drug-likeness (QED) is 0.627. The lowest BCUT2D eigenvalue weighted by Gasteiger charge is -2.06. The first kappa shape index (κ1) is 13.2. The van der Waals surface area contributed by atoms with Crippen molar-refractivity contribution in [3.8, 4) is 22.8 Å². The lowest BCUT2D eigenvalue weighted by molar-refractivity contribution is 0.474. The average Bonchev–Trinajstić information content (AvgIpc) is 2.89. The first-order valence-corrected chi connectivity index (χ1v) is 6.65. The van der Waals surface area contributed by atoms with Crippen molar-refractivity contribution in [2.24, 2.45) is 0 Å². The average molecular weight is 281 g/mol. The highest BCUT2D eigenvalue weighted by Crippen LogP contribution is 2.35. The lowest BCUT2D eigenvalue weighted by atomic mass is 10.00. The highest BCUT2D eigenvalue weighted by Gasteiger charge is 2.15. The Morgan fingerprint density at radius 2 is 1.76 bits per heavy atom. The van der Waals surface area contributed by atoms with E-state index in [1.165, 1.54) is 6.21 Å². The van der Waals surface area contributed by atoms with Gasteiger partial charge >= 0.3 is 0 Å². The number of rotatable bonds is 3. The molecule has 2 aromatic carbocycles. The Kier molecular flexibility index (Phi) is 3.14. The summed E-state index contributed by atoms with van der Waals surface area (Å²) in [5, 5.41) is 27.4. The maximum absolute atomic E-state index is 9.82. The lowest BCUT2D eigenvalue weighted by Crippen LogP contribution is -1.93. The molecular formula is C17H15NO3. The monoisotopic (exact) mass is 281 g/mol. The third-order valence-electron chi connectivity index (χ3n) is 3.52. The molecule has 1 unspecified atom stereocenters. The normalized spacial score (nSPS) is 12.4. The number of benzene rings is 2. The smallest absolute Gasteiger partial charge is 0.138 e. The molecule has 4 heteroatoms. The zero-order chi connectivity index (χ0) is 15.0. The van der Waals surface area contributed by atoms with E-state index in [1.807, 2.05) is 13.0 Å². The fourth-order valence-corrected chi connectivity index (χ4v) is 2.36. The summed E-state index contributed by atoms with van der Waals surface area (Å²) in [4.78, 5) is 0. The second-order valence-electron chi connectivity index (χ2n) is 5.07. The van der Waals surface area contributed by atoms with Gasteiger partial charge in [-0.05, 0) is 42.5 Å². The molecule has 3 aromatic rings. The second kappa shape index (κ2) is 4.98. The summed E-state index contributed by atoms with van der Waals surface area (Å²) in [5.41, 5.74) is 2.30. The van der Waals surface area contributed by atoms with Crippen LogP contribution in [0.1, 0.15) is 18.4 Å². The van der Waals surface area contributed by atoms with Gasteiger partial charge in [-0.15, -0.1) is 0 Å². The van der Waals surface area contributed by atoms with Crippen LogP contribution >= 0.6 is 0 Å². The Morgan fingerprint density at radius 3 is 2.43 bits per heavy atom. The van der Waals surface area contributed by atoms with Gasteiger partial charge in [-0.3, -0.25) is 0 Å². The summed E-state index contributed by atoms with van der Waals surface area (Å²) in [6, 6.07) is 11.9. The number of hydrogen-bond acceptors (Lipinski definition) is 4. The summed E-state index contributed by atoms with van der Waals surface area (Å²) in [7, 11) is 0. The van der Waals surface area contributed by atoms with Crippen molar-refractivity contribution < 1.29 is 14.6 Å². The van der Waals surface area contributed by atoms with Crippen LogP contribution in [0.2, 0.25) is 0 Å². The molecule has 21 heavy (non-hydrogen) atoms. The van der Waals surface area contributed by atoms with Gasteiger partial charge in [0.05, 0.1) is 0 Å². The van der Waals surface area contributed by atoms with Crippen LogP contribution in [-0.2, 0) is 0 Å². The zero-order valence-electron chi connectivity index (χ0n) is 11.5. The van der Waals surface area contributed by atoms with Crippen molar-refractivity contribution in [1.82, 2.24) is 0 Å². The molecule has 0 aliphatic heterocycles. The molecule has 4 nitrogen and oxygen atoms in total. The Bertz CT molecular complexity index is 803. The largest absolute Gasteiger partial charge is 0.508 e. The Morgan fingerprint density at radius 1 is 1.05 bits per heavy atom. The third-order valence-corrected chi connectivity index (χ3v) is 3.52. The van der Waals surface area contributed by atoms with Crippen LogP contribution in [-0.4, -0.2) is 16.4 Å². The number of nitrogens with one attached hydrogen (secondary N) is 1. The van der Waals surface area contributed by atoms with Crippen LogP contribution in [0.15, 0.2) is 46.9 Å². The van der Waals surface area contributed by atoms with E-state index in [0.717, 1.165) is 16.5 Å². The van der Waals surface area contributed by atoms with Crippen LogP contribution < -0.4 is 0 Å². The Labute approximate surface area is 121 Å². The zero-order valence-corrected chi connectivity index (χ0v) is 11.5. The maximum atomic E-state index is 9.82. The van der Waals surface area contributed by atoms with Gasteiger partial charge in [0.2, 0.25) is 0 Å². The fraction of sp³-hybridized carbons (Fsp3) is 0.118. The predicted octanol–water partition coefficient (Wildman–Crippen LogP) is 4.26. The van der Waals surface area contributed by atoms with Gasteiger partial charge in [-0.1, -0.05) is 6.92 Å². The van der Waals surface area contributed by atoms with Crippen molar-refractivity contribution in [1.29, 1.82) is 5.41 Å². The van der Waals surface area contributed by atoms with Gasteiger partial charge in [0.25, 0.3) is 0 Å². The number of hydrogen-bond donors (Lipinski definition) is 3. The number of furan rings is 1. The van der Waals surface area contributed by atoms with Crippen molar-refractivity contribution in [2.45, 2.75) is 12.8 Å². The number of phenols is 2. The van der Waals surface area contributed by atoms with Gasteiger partial charge in [0.1, 0.15) is 22.8 Å². The van der Waals surface area contributed by atoms with E-state index in [1.54, 1.807) is 36.4 Å². The van der Waals surface area contributed by atoms with Crippen molar-refractivity contribution >= 4 is 17.2 Å². The Balaban J connectivity index is 2.19. The third kappa shape index (κ3) is 2.36. The van der Waals surface area contributed by atoms with Crippen LogP contribution in [0, 0.1) is 5.41 Å². The molecule has 0 saturated carbocycles. The summed E-state index contributed by atoms with van der Waals surface area (Å²) < 4.78 is 5.91. The molecule has 0 saturated heterocycles. The predicted molar refractivity (Wildman–Crippen MR) is 82.2 cm³/mol. The number of phenolic OH excluding ortho intramolecular Hbond substituents is 2. The minimum Gasteiger partial charge on any atom is -0.508 e. The molecule has 0 amide bonds. The molecule has 3 rings (SSSR count). The SMILES string of the molecule is CC(C=N)c1cc(O)cc2cc(-c3ccc(O)cc3)oc12. The molecule has 0 fully saturated rings. The van der Waals surface area contributed by atoms with E-state index in [2.05, 4.69) is 0 Å². The molecule has 0 aliphatic rings. The van der Waals surface area contributed by atoms with Gasteiger partial charge in [0.15, 0.2) is 0 Å². The topological polar surface area (TPSA) is 77.5 Å². The van der Waals surface area contributed by atoms with Gasteiger partial charge in [-0.2, -0.15) is 0 Å². The summed E-state index contributed by atoms with van der Waals surface area (Å²) in [6.07, 6.45) is 1.32. The highest BCUT2D eigenvalue weighted by atomic mass is 16.3. The van der Waals surface area contributed by atoms with E-state index >= 15 is 0 Å². The van der Waals surface area contributed by atoms with E-state index in [0.29, 0.717) is 11.3 Å². The molecule has 1 heterocycles. The molecule has 0 aliphatic carbocycles. The standard InChI is InChI=1S/C17H15NO3/c1-10(9-18)15-8-14(20)6-12-7-16(21-17(12)15)11-2-4-13(19)5-3-11/h2-10,18-20H,1H3. The van der Waals surface area contributed by atoms with E-state index < -0.39 is 0 Å². The summed E-state index contributed by atoms with van der Waals surface area (Å²) in [6.45, 7) is 1.88. The minimum atomic E-state index is -0.140. The molecular weight excluding hydrogens is 266 g/mol. The second-order valence-corrected chi connectivity index (χ2v) is 5.07. The van der Waals surface area contributed by atoms with Crippen molar-refractivity contribution in [3.05, 3.63) is 48.0 Å². The van der Waals surface area contributed by atoms with Crippen molar-refractivity contribution in [2.75, 3.05) is 0 Å². The fourth-order valence-electron chi connectivity index (χ4n) is 2.36. The Hall–Kier alpha value is -2.75. The van der Waals surface area contributed by atoms with Crippen LogP contribution in [0.3, 0.4) is 0 Å². The van der Waals surface area contributed by atoms with Crippen LogP contribution in [0.5, 0.6) is 11.5 Å². The van der Waals surface area contributed by atoms with Gasteiger partial charge in [0, 0.05) is 28.6 Å². The molecule has 0 spiro atoms. The highest BCUT2D eigenvalue weighted by molar-refractivity contribution is 5.89. The first-order chi connectivity index (χ1) is 10.1. The molecule has 1 aromatic heterocycles. The van der Waals surface area contributed by atoms with E-state index in [4.69, 9.17) is 9.83 Å². The molecule has 106 valence electrons. The van der Waals surface area contributed by atoms with Crippen molar-refractivity contribution in [3.63, 3.8) is 0 Å². The molecule has 1 atom stereocenters. The minimum absolute atomic E-state index is 0.140. The molecule has 0 radical (unpaired) electrons. The van der Waals surface area contributed by atoms with E-state index in [-0.39, 0.29) is 17.4 Å². The number of aromatic hydroxyl groups is 2. The first-order valence-electron chi connectivity index (χ1n) is 6.65. The number of fused-ring (bicyclic) bond motifs is 1. The summed E-state index contributed by atoms with van der Waals surface area (Å²) in [5.74, 6) is 0.877. The van der Waals surface area contributed by atoms with E-state index in [9.17, 15) is 10.2 Å². The van der Waals surface area contributed by atoms with Gasteiger partial charge in [-0.25, -0.2) is 0 Å². The van der Waals surface area contributed by atoms with Gasteiger partial charge < -0.3 is 20.0 Å². The maximum Gasteiger partial charge on any atom is 0.138 e. The summed E-state index contributed by atoms with van der Waals surface area (Å²) >= 11 is 0. The van der Waals surface area contributed by atoms with Crippen LogP contribution in [0.25, 0.3) is 22.3 Å². The van der Waals surface area contributed by atoms with Crippen LogP contribution in [0.4, 0.5) is 0 Å². The molecule has 3 N–H and O–H groups in total. The molecule has 0 bridgehead atoms.